The van der Waals surface area contributed by atoms with Crippen molar-refractivity contribution in [2.24, 2.45) is 34.8 Å². The maximum absolute atomic E-state index is 15.7. The highest BCUT2D eigenvalue weighted by atomic mass is 16.6. The van der Waals surface area contributed by atoms with Crippen LogP contribution in [0.15, 0.2) is 11.3 Å². The molecule has 0 aromatic carbocycles. The van der Waals surface area contributed by atoms with Crippen LogP contribution < -0.4 is 5.73 Å². The third-order valence-electron chi connectivity index (χ3n) is 13.7. The van der Waals surface area contributed by atoms with Crippen molar-refractivity contribution in [3.8, 4) is 0 Å². The number of carbonyl (C=O) groups is 4. The average molecular weight is 714 g/mol. The number of hydrogen-bond acceptors (Lipinski definition) is 10. The summed E-state index contributed by atoms with van der Waals surface area (Å²) in [5.41, 5.74) is 6.28. The Morgan fingerprint density at radius 1 is 0.863 bits per heavy atom. The van der Waals surface area contributed by atoms with E-state index in [4.69, 9.17) is 24.7 Å². The number of morpholine rings is 1. The Bertz CT molecular complexity index is 1340. The molecule has 12 heteroatoms. The van der Waals surface area contributed by atoms with Gasteiger partial charge >= 0.3 is 12.1 Å². The van der Waals surface area contributed by atoms with Gasteiger partial charge in [-0.1, -0.05) is 51.4 Å². The van der Waals surface area contributed by atoms with Gasteiger partial charge in [0.1, 0.15) is 24.2 Å². The minimum absolute atomic E-state index is 0.0228. The number of fused-ring (bicyclic) bond motifs is 2. The number of cyclic esters (lactones) is 1. The topological polar surface area (TPSA) is 158 Å². The highest BCUT2D eigenvalue weighted by Gasteiger charge is 2.77. The maximum atomic E-state index is 15.7. The van der Waals surface area contributed by atoms with Gasteiger partial charge in [-0.2, -0.15) is 0 Å². The van der Waals surface area contributed by atoms with Gasteiger partial charge in [0.25, 0.3) is 0 Å². The monoisotopic (exact) mass is 713 g/mol. The average Bonchev–Trinajstić information content (AvgIpc) is 3.61. The lowest BCUT2D eigenvalue weighted by Gasteiger charge is -2.54. The minimum atomic E-state index is -1.55. The summed E-state index contributed by atoms with van der Waals surface area (Å²) in [4.78, 5) is 62.1. The van der Waals surface area contributed by atoms with Crippen molar-refractivity contribution in [2.45, 2.75) is 146 Å². The lowest BCUT2D eigenvalue weighted by atomic mass is 9.59. The molecule has 3 aliphatic heterocycles. The molecular weight excluding hydrogens is 654 g/mol. The first kappa shape index (κ1) is 36.8. The number of imide groups is 1. The molecule has 1 spiro atoms. The van der Waals surface area contributed by atoms with E-state index in [0.29, 0.717) is 18.5 Å². The van der Waals surface area contributed by atoms with Crippen molar-refractivity contribution in [3.05, 3.63) is 11.3 Å². The Morgan fingerprint density at radius 2 is 1.53 bits per heavy atom. The summed E-state index contributed by atoms with van der Waals surface area (Å²) in [6, 6.07) is -1.86. The Kier molecular flexibility index (Phi) is 11.4. The number of carbonyl (C=O) groups excluding carboxylic acids is 4. The molecular formula is C39H59N3O9. The van der Waals surface area contributed by atoms with Crippen LogP contribution in [0.25, 0.3) is 0 Å². The summed E-state index contributed by atoms with van der Waals surface area (Å²) in [5.74, 6) is -2.74. The van der Waals surface area contributed by atoms with Gasteiger partial charge in [0.15, 0.2) is 0 Å². The molecule has 3 amide bonds. The Balaban J connectivity index is 1.45. The van der Waals surface area contributed by atoms with Crippen molar-refractivity contribution in [1.82, 2.24) is 9.80 Å². The largest absolute Gasteiger partial charge is 0.459 e. The van der Waals surface area contributed by atoms with E-state index in [9.17, 15) is 19.5 Å². The van der Waals surface area contributed by atoms with E-state index in [-0.39, 0.29) is 62.4 Å². The second kappa shape index (κ2) is 15.8. The Labute approximate surface area is 302 Å². The number of rotatable bonds is 10. The lowest BCUT2D eigenvalue weighted by molar-refractivity contribution is -0.192. The molecule has 0 bridgehead atoms. The number of aliphatic hydroxyl groups is 1. The molecule has 7 aliphatic rings. The van der Waals surface area contributed by atoms with Gasteiger partial charge in [-0.15, -0.1) is 0 Å². The molecule has 0 aromatic rings. The fourth-order valence-electron chi connectivity index (χ4n) is 11.9. The van der Waals surface area contributed by atoms with Crippen LogP contribution in [0.4, 0.5) is 4.79 Å². The zero-order valence-electron chi connectivity index (χ0n) is 30.4. The summed E-state index contributed by atoms with van der Waals surface area (Å²) in [6.45, 7) is 0.176. The molecule has 2 unspecified atom stereocenters. The molecule has 3 heterocycles. The van der Waals surface area contributed by atoms with E-state index in [0.717, 1.165) is 102 Å². The van der Waals surface area contributed by atoms with Gasteiger partial charge in [0.2, 0.25) is 11.8 Å². The van der Waals surface area contributed by atoms with Crippen LogP contribution in [0.1, 0.15) is 116 Å². The highest BCUT2D eigenvalue weighted by Crippen LogP contribution is 2.64. The molecule has 5 fully saturated rings. The van der Waals surface area contributed by atoms with Crippen molar-refractivity contribution < 1.29 is 43.2 Å². The number of ether oxygens (including phenoxy) is 4. The molecule has 0 aromatic heterocycles. The number of allylic oxidation sites excluding steroid dienone is 1. The zero-order valence-corrected chi connectivity index (χ0v) is 30.4. The number of aliphatic hydroxyl groups excluding tert-OH is 1. The summed E-state index contributed by atoms with van der Waals surface area (Å²) in [6.07, 6.45) is 15.1. The van der Waals surface area contributed by atoms with E-state index in [1.165, 1.54) is 18.4 Å². The summed E-state index contributed by atoms with van der Waals surface area (Å²) in [7, 11) is 1.52. The molecule has 12 nitrogen and oxygen atoms in total. The summed E-state index contributed by atoms with van der Waals surface area (Å²) in [5, 5.41) is 9.88. The Hall–Kier alpha value is -2.54. The highest BCUT2D eigenvalue weighted by molar-refractivity contribution is 6.07. The second-order valence-corrected chi connectivity index (χ2v) is 16.2. The molecule has 4 aliphatic carbocycles. The second-order valence-electron chi connectivity index (χ2n) is 16.2. The van der Waals surface area contributed by atoms with Gasteiger partial charge < -0.3 is 29.8 Å². The third-order valence-corrected chi connectivity index (χ3v) is 13.7. The number of amides is 3. The van der Waals surface area contributed by atoms with Gasteiger partial charge in [-0.05, 0) is 81.6 Å². The van der Waals surface area contributed by atoms with Crippen LogP contribution in [0.2, 0.25) is 0 Å². The quantitative estimate of drug-likeness (QED) is 0.242. The standard InChI is InChI=1S/C39H59N3O9/c1-48-22-23-50-38(47)41-28-18-10-9-17-27(28)39(37(41)46)30(35(40)44)32-36(45)51-33(25-14-6-3-7-15-25)31(24-12-4-2-5-13-24)42(32)34(39)26-16-8-11-19-29(26)49-21-20-43/h24-26,29-34,43H,2-23H2,1H3,(H2,40,44)/t26?,29?,30-,31-,32-,33+,34+,39-/m1/s1. The van der Waals surface area contributed by atoms with E-state index >= 15 is 4.79 Å². The van der Waals surface area contributed by atoms with Crippen LogP contribution in [-0.2, 0) is 33.3 Å². The van der Waals surface area contributed by atoms with Crippen LogP contribution in [0.5, 0.6) is 0 Å². The SMILES string of the molecule is COCCOC(=O)N1C(=O)[C@@]2(C3=C1CCCC3)[C@H](C1CCCCC1OCCO)N1[C@H](C3CCCCC3)[C@H](C3CCCCC3)OC(=O)[C@H]1[C@@H]2C(N)=O. The van der Waals surface area contributed by atoms with Crippen molar-refractivity contribution >= 4 is 23.9 Å². The third kappa shape index (κ3) is 6.33. The predicted octanol–water partition coefficient (Wildman–Crippen LogP) is 4.60. The zero-order chi connectivity index (χ0) is 35.7. The number of nitrogens with two attached hydrogens (primary N) is 1. The number of methoxy groups -OCH3 is 1. The predicted molar refractivity (Wildman–Crippen MR) is 186 cm³/mol. The van der Waals surface area contributed by atoms with Gasteiger partial charge in [0, 0.05) is 24.8 Å². The first-order valence-corrected chi connectivity index (χ1v) is 20.1. The fraction of sp³-hybridized carbons (Fsp3) is 0.846. The Morgan fingerprint density at radius 3 is 2.22 bits per heavy atom. The van der Waals surface area contributed by atoms with Crippen molar-refractivity contribution in [3.63, 3.8) is 0 Å². The van der Waals surface area contributed by atoms with Gasteiger partial charge in [0.05, 0.1) is 37.9 Å². The van der Waals surface area contributed by atoms with Crippen molar-refractivity contribution in [2.75, 3.05) is 33.5 Å². The molecule has 3 saturated carbocycles. The molecule has 3 N–H and O–H groups in total. The number of primary amides is 1. The maximum Gasteiger partial charge on any atom is 0.421 e. The normalized spacial score (nSPS) is 36.7. The number of esters is 1. The van der Waals surface area contributed by atoms with E-state index in [2.05, 4.69) is 4.90 Å². The minimum Gasteiger partial charge on any atom is -0.459 e. The molecule has 51 heavy (non-hydrogen) atoms. The fourth-order valence-corrected chi connectivity index (χ4v) is 11.9. The molecule has 0 radical (unpaired) electrons. The van der Waals surface area contributed by atoms with Gasteiger partial charge in [-0.25, -0.2) is 9.69 Å². The number of hydrogen-bond donors (Lipinski definition) is 2. The van der Waals surface area contributed by atoms with Crippen LogP contribution in [0.3, 0.4) is 0 Å². The first-order valence-electron chi connectivity index (χ1n) is 20.1. The number of nitrogens with zero attached hydrogens (tertiary/aromatic N) is 2. The van der Waals surface area contributed by atoms with Crippen LogP contribution in [0, 0.1) is 29.1 Å². The van der Waals surface area contributed by atoms with Crippen molar-refractivity contribution in [1.29, 1.82) is 0 Å². The van der Waals surface area contributed by atoms with E-state index in [1.807, 2.05) is 0 Å². The molecule has 2 saturated heterocycles. The molecule has 8 atom stereocenters. The molecule has 284 valence electrons. The smallest absolute Gasteiger partial charge is 0.421 e. The van der Waals surface area contributed by atoms with Gasteiger partial charge in [-0.3, -0.25) is 19.3 Å². The van der Waals surface area contributed by atoms with E-state index < -0.39 is 47.3 Å². The van der Waals surface area contributed by atoms with Crippen LogP contribution in [-0.4, -0.2) is 103 Å². The molecule has 7 rings (SSSR count). The van der Waals surface area contributed by atoms with Crippen LogP contribution >= 0.6 is 0 Å². The van der Waals surface area contributed by atoms with E-state index in [1.54, 1.807) is 0 Å². The first-order chi connectivity index (χ1) is 24.9. The summed E-state index contributed by atoms with van der Waals surface area (Å²) >= 11 is 0. The lowest BCUT2D eigenvalue weighted by Crippen LogP contribution is -2.66. The summed E-state index contributed by atoms with van der Waals surface area (Å²) < 4.78 is 23.8.